The van der Waals surface area contributed by atoms with Crippen molar-refractivity contribution in [3.8, 4) is 0 Å². The Balaban J connectivity index is 1.67. The molecule has 4 rings (SSSR count). The summed E-state index contributed by atoms with van der Waals surface area (Å²) in [6, 6.07) is 13.7. The van der Waals surface area contributed by atoms with Gasteiger partial charge in [-0.3, -0.25) is 0 Å². The Kier molecular flexibility index (Phi) is 4.42. The van der Waals surface area contributed by atoms with Gasteiger partial charge in [-0.2, -0.15) is 13.2 Å². The van der Waals surface area contributed by atoms with E-state index in [0.29, 0.717) is 18.4 Å². The number of aryl methyl sites for hydroxylation is 1. The fourth-order valence-corrected chi connectivity index (χ4v) is 3.70. The summed E-state index contributed by atoms with van der Waals surface area (Å²) in [5.41, 5.74) is 0.818. The van der Waals surface area contributed by atoms with Gasteiger partial charge in [0, 0.05) is 29.8 Å². The van der Waals surface area contributed by atoms with Crippen LogP contribution in [0, 0.1) is 5.92 Å². The van der Waals surface area contributed by atoms with Gasteiger partial charge in [0.2, 0.25) is 0 Å². The Bertz CT molecular complexity index is 1030. The van der Waals surface area contributed by atoms with Crippen LogP contribution in [0.3, 0.4) is 0 Å². The zero-order valence-electron chi connectivity index (χ0n) is 14.5. The zero-order valence-corrected chi connectivity index (χ0v) is 14.5. The summed E-state index contributed by atoms with van der Waals surface area (Å²) in [5, 5.41) is 3.26. The van der Waals surface area contributed by atoms with Crippen LogP contribution < -0.4 is 10.9 Å². The summed E-state index contributed by atoms with van der Waals surface area (Å²) in [6.07, 6.45) is -2.15. The van der Waals surface area contributed by atoms with E-state index in [4.69, 9.17) is 4.42 Å². The minimum Gasteiger partial charge on any atom is -0.423 e. The molecule has 0 saturated heterocycles. The standard InChI is InChI=1S/C21H18F3NO2/c22-21(23,24)17-10-20(26)27-19-11-18-15(9-16(17)19)7-6-14(12-25-18)8-13-4-2-1-3-5-13/h1-5,9-11,14,25H,6-8,12H2/t14-/m1/s1. The molecule has 2 heterocycles. The number of alkyl halides is 3. The zero-order chi connectivity index (χ0) is 19.0. The minimum atomic E-state index is -4.60. The predicted molar refractivity (Wildman–Crippen MR) is 97.9 cm³/mol. The lowest BCUT2D eigenvalue weighted by Gasteiger charge is -2.14. The summed E-state index contributed by atoms with van der Waals surface area (Å²) in [5.74, 6) is 0.372. The van der Waals surface area contributed by atoms with Gasteiger partial charge >= 0.3 is 11.8 Å². The van der Waals surface area contributed by atoms with Crippen LogP contribution in [0.1, 0.15) is 23.1 Å². The molecule has 3 aromatic rings. The average Bonchev–Trinajstić information content (AvgIpc) is 2.82. The Hall–Kier alpha value is -2.76. The Labute approximate surface area is 153 Å². The second kappa shape index (κ2) is 6.76. The molecule has 0 amide bonds. The van der Waals surface area contributed by atoms with E-state index in [2.05, 4.69) is 17.4 Å². The number of rotatable bonds is 2. The second-order valence-electron chi connectivity index (χ2n) is 6.96. The molecule has 0 bridgehead atoms. The second-order valence-corrected chi connectivity index (χ2v) is 6.96. The summed E-state index contributed by atoms with van der Waals surface area (Å²) < 4.78 is 45.0. The highest BCUT2D eigenvalue weighted by atomic mass is 19.4. The molecule has 1 aromatic heterocycles. The van der Waals surface area contributed by atoms with Gasteiger partial charge in [-0.1, -0.05) is 30.3 Å². The van der Waals surface area contributed by atoms with Gasteiger partial charge in [0.15, 0.2) is 0 Å². The van der Waals surface area contributed by atoms with E-state index in [1.165, 1.54) is 17.7 Å². The predicted octanol–water partition coefficient (Wildman–Crippen LogP) is 5.03. The third kappa shape index (κ3) is 3.70. The van der Waals surface area contributed by atoms with E-state index in [0.717, 1.165) is 30.6 Å². The van der Waals surface area contributed by atoms with Crippen LogP contribution in [0.5, 0.6) is 0 Å². The topological polar surface area (TPSA) is 42.2 Å². The highest BCUT2D eigenvalue weighted by molar-refractivity contribution is 5.85. The Morgan fingerprint density at radius 3 is 2.63 bits per heavy atom. The molecule has 0 spiro atoms. The number of anilines is 1. The molecule has 1 aliphatic heterocycles. The maximum absolute atomic E-state index is 13.3. The van der Waals surface area contributed by atoms with Crippen molar-refractivity contribution >= 4 is 16.7 Å². The van der Waals surface area contributed by atoms with E-state index in [-0.39, 0.29) is 11.0 Å². The summed E-state index contributed by atoms with van der Waals surface area (Å²) in [6.45, 7) is 0.719. The molecule has 3 nitrogen and oxygen atoms in total. The normalized spacial score (nSPS) is 17.2. The van der Waals surface area contributed by atoms with Crippen LogP contribution in [0.4, 0.5) is 18.9 Å². The number of halogens is 3. The largest absolute Gasteiger partial charge is 0.423 e. The first-order chi connectivity index (χ1) is 12.9. The average molecular weight is 373 g/mol. The van der Waals surface area contributed by atoms with Crippen molar-refractivity contribution in [3.63, 3.8) is 0 Å². The SMILES string of the molecule is O=c1cc(C(F)(F)F)c2cc3c(cc2o1)NC[C@@H](Cc1ccccc1)CC3. The van der Waals surface area contributed by atoms with Gasteiger partial charge in [0.25, 0.3) is 0 Å². The molecule has 27 heavy (non-hydrogen) atoms. The van der Waals surface area contributed by atoms with Crippen molar-refractivity contribution in [2.24, 2.45) is 5.92 Å². The van der Waals surface area contributed by atoms with Gasteiger partial charge < -0.3 is 9.73 Å². The highest BCUT2D eigenvalue weighted by Gasteiger charge is 2.34. The van der Waals surface area contributed by atoms with E-state index in [1.807, 2.05) is 18.2 Å². The van der Waals surface area contributed by atoms with Gasteiger partial charge in [-0.05, 0) is 42.4 Å². The van der Waals surface area contributed by atoms with E-state index in [1.54, 1.807) is 0 Å². The lowest BCUT2D eigenvalue weighted by Crippen LogP contribution is -2.15. The van der Waals surface area contributed by atoms with Crippen LogP contribution >= 0.6 is 0 Å². The number of nitrogens with one attached hydrogen (secondary N) is 1. The van der Waals surface area contributed by atoms with Crippen LogP contribution in [-0.4, -0.2) is 6.54 Å². The van der Waals surface area contributed by atoms with Crippen LogP contribution in [0.25, 0.3) is 11.0 Å². The smallest absolute Gasteiger partial charge is 0.417 e. The fourth-order valence-electron chi connectivity index (χ4n) is 3.70. The van der Waals surface area contributed by atoms with Crippen molar-refractivity contribution in [1.29, 1.82) is 0 Å². The van der Waals surface area contributed by atoms with Crippen molar-refractivity contribution in [1.82, 2.24) is 0 Å². The van der Waals surface area contributed by atoms with Gasteiger partial charge in [-0.25, -0.2) is 4.79 Å². The number of fused-ring (bicyclic) bond motifs is 2. The quantitative estimate of drug-likeness (QED) is 0.641. The molecule has 2 aromatic carbocycles. The molecule has 1 aliphatic rings. The van der Waals surface area contributed by atoms with Crippen LogP contribution in [0.15, 0.2) is 57.7 Å². The first-order valence-electron chi connectivity index (χ1n) is 8.86. The molecular weight excluding hydrogens is 355 g/mol. The lowest BCUT2D eigenvalue weighted by molar-refractivity contribution is -0.136. The first kappa shape index (κ1) is 17.6. The summed E-state index contributed by atoms with van der Waals surface area (Å²) in [7, 11) is 0. The van der Waals surface area contributed by atoms with E-state index < -0.39 is 17.4 Å². The molecular formula is C21H18F3NO2. The Morgan fingerprint density at radius 2 is 1.89 bits per heavy atom. The molecule has 1 N–H and O–H groups in total. The first-order valence-corrected chi connectivity index (χ1v) is 8.86. The molecule has 0 fully saturated rings. The van der Waals surface area contributed by atoms with Crippen LogP contribution in [-0.2, 0) is 19.0 Å². The van der Waals surface area contributed by atoms with Gasteiger partial charge in [-0.15, -0.1) is 0 Å². The number of hydrogen-bond donors (Lipinski definition) is 1. The maximum Gasteiger partial charge on any atom is 0.417 e. The van der Waals surface area contributed by atoms with Crippen molar-refractivity contribution < 1.29 is 17.6 Å². The molecule has 0 unspecified atom stereocenters. The minimum absolute atomic E-state index is 0.0393. The monoisotopic (exact) mass is 373 g/mol. The summed E-state index contributed by atoms with van der Waals surface area (Å²) in [4.78, 5) is 11.6. The molecule has 1 atom stereocenters. The number of hydrogen-bond acceptors (Lipinski definition) is 3. The lowest BCUT2D eigenvalue weighted by atomic mass is 9.93. The molecule has 0 radical (unpaired) electrons. The molecule has 6 heteroatoms. The molecule has 0 saturated carbocycles. The highest BCUT2D eigenvalue weighted by Crippen LogP contribution is 2.37. The Morgan fingerprint density at radius 1 is 1.11 bits per heavy atom. The van der Waals surface area contributed by atoms with Crippen molar-refractivity contribution in [2.75, 3.05) is 11.9 Å². The van der Waals surface area contributed by atoms with Gasteiger partial charge in [0.05, 0.1) is 5.56 Å². The fraction of sp³-hybridized carbons (Fsp3) is 0.286. The van der Waals surface area contributed by atoms with Crippen molar-refractivity contribution in [3.05, 3.63) is 75.6 Å². The van der Waals surface area contributed by atoms with Gasteiger partial charge in [0.1, 0.15) is 5.58 Å². The molecule has 140 valence electrons. The van der Waals surface area contributed by atoms with E-state index >= 15 is 0 Å². The molecule has 0 aliphatic carbocycles. The van der Waals surface area contributed by atoms with E-state index in [9.17, 15) is 18.0 Å². The number of benzene rings is 2. The third-order valence-electron chi connectivity index (χ3n) is 5.04. The third-order valence-corrected chi connectivity index (χ3v) is 5.04. The van der Waals surface area contributed by atoms with Crippen molar-refractivity contribution in [2.45, 2.75) is 25.4 Å². The summed E-state index contributed by atoms with van der Waals surface area (Å²) >= 11 is 0. The van der Waals surface area contributed by atoms with Crippen LogP contribution in [0.2, 0.25) is 0 Å². The maximum atomic E-state index is 13.3.